The molecule has 1 atom stereocenters. The molecular formula is C18H24N2O6. The number of esters is 1. The number of imide groups is 1. The maximum atomic E-state index is 12.3. The first-order chi connectivity index (χ1) is 12.3. The molecule has 0 radical (unpaired) electrons. The third-order valence-corrected chi connectivity index (χ3v) is 3.73. The summed E-state index contributed by atoms with van der Waals surface area (Å²) in [4.78, 5) is 37.1. The van der Waals surface area contributed by atoms with Crippen molar-refractivity contribution in [2.75, 3.05) is 26.8 Å². The number of nitrogens with zero attached hydrogens (tertiary/aromatic N) is 1. The molecule has 1 saturated heterocycles. The van der Waals surface area contributed by atoms with Crippen LogP contribution >= 0.6 is 0 Å². The van der Waals surface area contributed by atoms with E-state index < -0.39 is 24.0 Å². The summed E-state index contributed by atoms with van der Waals surface area (Å²) in [7, 11) is 1.48. The molecule has 142 valence electrons. The van der Waals surface area contributed by atoms with Crippen molar-refractivity contribution >= 4 is 17.9 Å². The Morgan fingerprint density at radius 3 is 2.54 bits per heavy atom. The van der Waals surface area contributed by atoms with Gasteiger partial charge in [0.1, 0.15) is 0 Å². The van der Waals surface area contributed by atoms with Crippen molar-refractivity contribution in [2.24, 2.45) is 5.92 Å². The minimum atomic E-state index is -1.07. The second-order valence-corrected chi connectivity index (χ2v) is 6.34. The number of methoxy groups -OCH3 is 1. The van der Waals surface area contributed by atoms with Crippen LogP contribution in [0.3, 0.4) is 0 Å². The molecule has 0 spiro atoms. The fraction of sp³-hybridized carbons (Fsp3) is 0.500. The molecule has 1 unspecified atom stereocenters. The summed E-state index contributed by atoms with van der Waals surface area (Å²) in [5, 5.41) is 2.53. The Labute approximate surface area is 152 Å². The quantitative estimate of drug-likeness (QED) is 0.742. The average Bonchev–Trinajstić information content (AvgIpc) is 3.04. The first-order valence-corrected chi connectivity index (χ1v) is 8.44. The summed E-state index contributed by atoms with van der Waals surface area (Å²) in [6, 6.07) is 4.18. The van der Waals surface area contributed by atoms with Crippen LogP contribution < -0.4 is 14.8 Å². The first kappa shape index (κ1) is 19.6. The van der Waals surface area contributed by atoms with Gasteiger partial charge in [0.2, 0.25) is 0 Å². The number of urea groups is 1. The van der Waals surface area contributed by atoms with Crippen LogP contribution in [0, 0.1) is 5.92 Å². The maximum Gasteiger partial charge on any atom is 0.339 e. The zero-order chi connectivity index (χ0) is 19.3. The van der Waals surface area contributed by atoms with Crippen molar-refractivity contribution in [3.8, 4) is 11.5 Å². The van der Waals surface area contributed by atoms with Crippen molar-refractivity contribution in [3.63, 3.8) is 0 Å². The Bertz CT molecular complexity index is 688. The minimum absolute atomic E-state index is 0.226. The summed E-state index contributed by atoms with van der Waals surface area (Å²) in [6.45, 7) is 6.65. The van der Waals surface area contributed by atoms with Crippen LogP contribution in [-0.2, 0) is 9.53 Å². The molecule has 1 heterocycles. The molecule has 3 amide bonds. The predicted molar refractivity (Wildman–Crippen MR) is 93.3 cm³/mol. The van der Waals surface area contributed by atoms with Gasteiger partial charge in [-0.15, -0.1) is 0 Å². The number of nitrogens with one attached hydrogen (secondary N) is 1. The molecule has 1 aliphatic heterocycles. The van der Waals surface area contributed by atoms with E-state index in [1.807, 2.05) is 13.8 Å². The van der Waals surface area contributed by atoms with Gasteiger partial charge in [-0.25, -0.2) is 9.59 Å². The zero-order valence-electron chi connectivity index (χ0n) is 15.4. The largest absolute Gasteiger partial charge is 0.493 e. The molecule has 1 N–H and O–H groups in total. The molecule has 1 aromatic carbocycles. The summed E-state index contributed by atoms with van der Waals surface area (Å²) in [5.74, 6) is 0.0315. The van der Waals surface area contributed by atoms with Crippen LogP contribution in [0.4, 0.5) is 4.79 Å². The molecular weight excluding hydrogens is 340 g/mol. The molecule has 0 saturated carbocycles. The van der Waals surface area contributed by atoms with Gasteiger partial charge in [-0.05, 0) is 31.0 Å². The van der Waals surface area contributed by atoms with Gasteiger partial charge >= 0.3 is 12.0 Å². The second-order valence-electron chi connectivity index (χ2n) is 6.34. The second kappa shape index (κ2) is 8.55. The van der Waals surface area contributed by atoms with E-state index in [1.54, 1.807) is 12.1 Å². The summed E-state index contributed by atoms with van der Waals surface area (Å²) < 4.78 is 16.1. The zero-order valence-corrected chi connectivity index (χ0v) is 15.4. The molecule has 2 rings (SSSR count). The Balaban J connectivity index is 2.04. The maximum absolute atomic E-state index is 12.3. The summed E-state index contributed by atoms with van der Waals surface area (Å²) in [6.07, 6.45) is -1.07. The Kier molecular flexibility index (Phi) is 6.43. The lowest BCUT2D eigenvalue weighted by molar-refractivity contribution is -0.136. The van der Waals surface area contributed by atoms with Gasteiger partial charge in [0, 0.05) is 13.1 Å². The Morgan fingerprint density at radius 1 is 1.23 bits per heavy atom. The number of hydrogen-bond donors (Lipinski definition) is 1. The van der Waals surface area contributed by atoms with Gasteiger partial charge in [-0.3, -0.25) is 9.69 Å². The summed E-state index contributed by atoms with van der Waals surface area (Å²) >= 11 is 0. The molecule has 8 nitrogen and oxygen atoms in total. The van der Waals surface area contributed by atoms with E-state index in [-0.39, 0.29) is 12.1 Å². The van der Waals surface area contributed by atoms with Crippen LogP contribution in [0.1, 0.15) is 31.1 Å². The van der Waals surface area contributed by atoms with E-state index in [9.17, 15) is 14.4 Å². The number of rotatable bonds is 7. The summed E-state index contributed by atoms with van der Waals surface area (Å²) in [5.41, 5.74) is 0.226. The third kappa shape index (κ3) is 4.65. The standard InChI is InChI=1S/C18H24N2O6/c1-11(2)10-25-14-6-5-13(9-15(14)24-4)17(22)26-12(3)16(21)20-8-7-19-18(20)23/h5-6,9,11-12H,7-8,10H2,1-4H3,(H,19,23). The third-order valence-electron chi connectivity index (χ3n) is 3.73. The van der Waals surface area contributed by atoms with Crippen molar-refractivity contribution in [2.45, 2.75) is 26.9 Å². The molecule has 8 heteroatoms. The number of ether oxygens (including phenoxy) is 3. The average molecular weight is 364 g/mol. The molecule has 1 aromatic rings. The van der Waals surface area contributed by atoms with Gasteiger partial charge in [0.25, 0.3) is 5.91 Å². The van der Waals surface area contributed by atoms with E-state index in [0.717, 1.165) is 4.90 Å². The number of carbonyl (C=O) groups is 3. The predicted octanol–water partition coefficient (Wildman–Crippen LogP) is 1.83. The number of hydrogen-bond acceptors (Lipinski definition) is 6. The SMILES string of the molecule is COc1cc(C(=O)OC(C)C(=O)N2CCNC2=O)ccc1OCC(C)C. The van der Waals surface area contributed by atoms with Crippen LogP contribution in [0.15, 0.2) is 18.2 Å². The van der Waals surface area contributed by atoms with Crippen molar-refractivity contribution in [3.05, 3.63) is 23.8 Å². The van der Waals surface area contributed by atoms with Gasteiger partial charge in [-0.1, -0.05) is 13.8 Å². The van der Waals surface area contributed by atoms with E-state index in [4.69, 9.17) is 14.2 Å². The Morgan fingerprint density at radius 2 is 1.96 bits per heavy atom. The molecule has 0 bridgehead atoms. The van der Waals surface area contributed by atoms with Gasteiger partial charge < -0.3 is 19.5 Å². The smallest absolute Gasteiger partial charge is 0.339 e. The fourth-order valence-corrected chi connectivity index (χ4v) is 2.35. The van der Waals surface area contributed by atoms with E-state index in [2.05, 4.69) is 5.32 Å². The van der Waals surface area contributed by atoms with E-state index >= 15 is 0 Å². The Hall–Kier alpha value is -2.77. The van der Waals surface area contributed by atoms with E-state index in [1.165, 1.54) is 20.1 Å². The monoisotopic (exact) mass is 364 g/mol. The lowest BCUT2D eigenvalue weighted by atomic mass is 10.2. The van der Waals surface area contributed by atoms with E-state index in [0.29, 0.717) is 30.6 Å². The van der Waals surface area contributed by atoms with Crippen LogP contribution in [-0.4, -0.2) is 55.7 Å². The molecule has 1 fully saturated rings. The first-order valence-electron chi connectivity index (χ1n) is 8.44. The van der Waals surface area contributed by atoms with Crippen LogP contribution in [0.2, 0.25) is 0 Å². The van der Waals surface area contributed by atoms with Gasteiger partial charge in [0.15, 0.2) is 17.6 Å². The van der Waals surface area contributed by atoms with Crippen LogP contribution in [0.5, 0.6) is 11.5 Å². The number of carbonyl (C=O) groups excluding carboxylic acids is 3. The number of amides is 3. The van der Waals surface area contributed by atoms with Crippen molar-refractivity contribution in [1.82, 2.24) is 10.2 Å². The van der Waals surface area contributed by atoms with Gasteiger partial charge in [0.05, 0.1) is 19.3 Å². The molecule has 0 aromatic heterocycles. The highest BCUT2D eigenvalue weighted by Gasteiger charge is 2.31. The van der Waals surface area contributed by atoms with Crippen molar-refractivity contribution in [1.29, 1.82) is 0 Å². The van der Waals surface area contributed by atoms with Crippen molar-refractivity contribution < 1.29 is 28.6 Å². The van der Waals surface area contributed by atoms with Crippen LogP contribution in [0.25, 0.3) is 0 Å². The minimum Gasteiger partial charge on any atom is -0.493 e. The lowest BCUT2D eigenvalue weighted by Gasteiger charge is -2.18. The topological polar surface area (TPSA) is 94.2 Å². The molecule has 0 aliphatic carbocycles. The van der Waals surface area contributed by atoms with Gasteiger partial charge in [-0.2, -0.15) is 0 Å². The highest BCUT2D eigenvalue weighted by atomic mass is 16.5. The molecule has 1 aliphatic rings. The fourth-order valence-electron chi connectivity index (χ4n) is 2.35. The molecule has 26 heavy (non-hydrogen) atoms. The lowest BCUT2D eigenvalue weighted by Crippen LogP contribution is -2.41. The number of benzene rings is 1. The normalized spacial score (nSPS) is 14.8. The highest BCUT2D eigenvalue weighted by molar-refractivity contribution is 5.99. The highest BCUT2D eigenvalue weighted by Crippen LogP contribution is 2.29.